The maximum absolute atomic E-state index is 5.34. The third kappa shape index (κ3) is 2.22. The first-order valence-corrected chi connectivity index (χ1v) is 4.79. The minimum Gasteiger partial charge on any atom is -0.400 e. The molecule has 0 aliphatic rings. The molecule has 0 aliphatic carbocycles. The van der Waals surface area contributed by atoms with Crippen LogP contribution in [0.15, 0.2) is 35.5 Å². The van der Waals surface area contributed by atoms with Gasteiger partial charge in [0, 0.05) is 18.4 Å². The normalized spacial score (nSPS) is 12.1. The number of hydrogen-bond donors (Lipinski definition) is 1. The molecule has 0 aromatic carbocycles. The SMILES string of the molecule is C=CC(C)Nc1nnc(-c2ncccn2)o1. The summed E-state index contributed by atoms with van der Waals surface area (Å²) < 4.78 is 5.34. The summed E-state index contributed by atoms with van der Waals surface area (Å²) in [6.07, 6.45) is 4.97. The zero-order valence-electron chi connectivity index (χ0n) is 8.79. The monoisotopic (exact) mass is 217 g/mol. The fourth-order valence-corrected chi connectivity index (χ4v) is 1.04. The van der Waals surface area contributed by atoms with Crippen LogP contribution < -0.4 is 5.32 Å². The number of nitrogens with zero attached hydrogens (tertiary/aromatic N) is 4. The number of anilines is 1. The van der Waals surface area contributed by atoms with Gasteiger partial charge in [-0.3, -0.25) is 0 Å². The molecule has 0 saturated carbocycles. The topological polar surface area (TPSA) is 76.7 Å². The van der Waals surface area contributed by atoms with E-state index in [0.29, 0.717) is 17.7 Å². The third-order valence-electron chi connectivity index (χ3n) is 1.89. The summed E-state index contributed by atoms with van der Waals surface area (Å²) in [4.78, 5) is 8.01. The van der Waals surface area contributed by atoms with E-state index in [0.717, 1.165) is 0 Å². The van der Waals surface area contributed by atoms with E-state index in [1.807, 2.05) is 6.92 Å². The number of hydrogen-bond acceptors (Lipinski definition) is 6. The average molecular weight is 217 g/mol. The minimum atomic E-state index is 0.0602. The van der Waals surface area contributed by atoms with Crippen molar-refractivity contribution in [3.63, 3.8) is 0 Å². The Kier molecular flexibility index (Phi) is 2.90. The zero-order chi connectivity index (χ0) is 11.4. The Morgan fingerprint density at radius 1 is 1.38 bits per heavy atom. The molecule has 2 heterocycles. The smallest absolute Gasteiger partial charge is 0.316 e. The summed E-state index contributed by atoms with van der Waals surface area (Å²) in [5.41, 5.74) is 0. The van der Waals surface area contributed by atoms with Crippen LogP contribution in [0.5, 0.6) is 0 Å². The molecule has 2 rings (SSSR count). The largest absolute Gasteiger partial charge is 0.400 e. The van der Waals surface area contributed by atoms with E-state index in [1.165, 1.54) is 0 Å². The summed E-state index contributed by atoms with van der Waals surface area (Å²) in [5.74, 6) is 0.702. The molecule has 0 saturated heterocycles. The van der Waals surface area contributed by atoms with Gasteiger partial charge in [0.2, 0.25) is 5.82 Å². The van der Waals surface area contributed by atoms with Gasteiger partial charge in [-0.25, -0.2) is 9.97 Å². The molecule has 0 amide bonds. The molecule has 16 heavy (non-hydrogen) atoms. The lowest BCUT2D eigenvalue weighted by Gasteiger charge is -2.03. The Labute approximate surface area is 92.4 Å². The second-order valence-corrected chi connectivity index (χ2v) is 3.15. The first-order chi connectivity index (χ1) is 7.79. The molecule has 1 atom stereocenters. The van der Waals surface area contributed by atoms with Crippen molar-refractivity contribution in [3.8, 4) is 11.7 Å². The fourth-order valence-electron chi connectivity index (χ4n) is 1.04. The van der Waals surface area contributed by atoms with E-state index in [9.17, 15) is 0 Å². The van der Waals surface area contributed by atoms with Crippen LogP contribution in [-0.4, -0.2) is 26.2 Å². The summed E-state index contributed by atoms with van der Waals surface area (Å²) in [6.45, 7) is 5.57. The van der Waals surface area contributed by atoms with Crippen LogP contribution in [0.1, 0.15) is 6.92 Å². The van der Waals surface area contributed by atoms with E-state index in [4.69, 9.17) is 4.42 Å². The van der Waals surface area contributed by atoms with E-state index in [-0.39, 0.29) is 6.04 Å². The van der Waals surface area contributed by atoms with Crippen molar-refractivity contribution in [1.29, 1.82) is 0 Å². The van der Waals surface area contributed by atoms with Gasteiger partial charge in [0.05, 0.1) is 0 Å². The lowest BCUT2D eigenvalue weighted by Crippen LogP contribution is -2.11. The molecular formula is C10H11N5O. The Bertz CT molecular complexity index is 467. The summed E-state index contributed by atoms with van der Waals surface area (Å²) in [5, 5.41) is 10.6. The van der Waals surface area contributed by atoms with Gasteiger partial charge in [0.25, 0.3) is 5.89 Å². The minimum absolute atomic E-state index is 0.0602. The Morgan fingerprint density at radius 2 is 2.12 bits per heavy atom. The van der Waals surface area contributed by atoms with E-state index in [2.05, 4.69) is 32.1 Å². The third-order valence-corrected chi connectivity index (χ3v) is 1.89. The second-order valence-electron chi connectivity index (χ2n) is 3.15. The number of nitrogens with one attached hydrogen (secondary N) is 1. The molecule has 0 spiro atoms. The predicted octanol–water partition coefficient (Wildman–Crippen LogP) is 1.51. The Hall–Kier alpha value is -2.24. The molecule has 2 aromatic rings. The van der Waals surface area contributed by atoms with Crippen LogP contribution in [-0.2, 0) is 0 Å². The summed E-state index contributed by atoms with van der Waals surface area (Å²) in [7, 11) is 0. The Morgan fingerprint density at radius 3 is 2.81 bits per heavy atom. The molecular weight excluding hydrogens is 206 g/mol. The van der Waals surface area contributed by atoms with Crippen LogP contribution >= 0.6 is 0 Å². The van der Waals surface area contributed by atoms with Crippen molar-refractivity contribution in [2.24, 2.45) is 0 Å². The van der Waals surface area contributed by atoms with Crippen molar-refractivity contribution in [2.75, 3.05) is 5.32 Å². The molecule has 0 bridgehead atoms. The highest BCUT2D eigenvalue weighted by molar-refractivity contribution is 5.40. The molecule has 0 fully saturated rings. The second kappa shape index (κ2) is 4.52. The van der Waals surface area contributed by atoms with Crippen molar-refractivity contribution < 1.29 is 4.42 Å². The lowest BCUT2D eigenvalue weighted by molar-refractivity contribution is 0.573. The molecule has 6 heteroatoms. The van der Waals surface area contributed by atoms with Gasteiger partial charge in [0.1, 0.15) is 0 Å². The zero-order valence-corrected chi connectivity index (χ0v) is 8.79. The van der Waals surface area contributed by atoms with Crippen LogP contribution in [0.25, 0.3) is 11.7 Å². The van der Waals surface area contributed by atoms with Gasteiger partial charge < -0.3 is 9.73 Å². The maximum Gasteiger partial charge on any atom is 0.316 e. The van der Waals surface area contributed by atoms with Gasteiger partial charge in [-0.1, -0.05) is 11.2 Å². The molecule has 6 nitrogen and oxygen atoms in total. The van der Waals surface area contributed by atoms with E-state index >= 15 is 0 Å². The maximum atomic E-state index is 5.34. The van der Waals surface area contributed by atoms with Gasteiger partial charge in [0.15, 0.2) is 0 Å². The molecule has 1 N–H and O–H groups in total. The summed E-state index contributed by atoms with van der Waals surface area (Å²) in [6, 6.07) is 2.11. The van der Waals surface area contributed by atoms with E-state index in [1.54, 1.807) is 24.5 Å². The van der Waals surface area contributed by atoms with Crippen LogP contribution in [0.2, 0.25) is 0 Å². The standard InChI is InChI=1S/C10H11N5O/c1-3-7(2)13-10-15-14-9(16-10)8-11-5-4-6-12-8/h3-7H,1H2,2H3,(H,13,15). The van der Waals surface area contributed by atoms with Crippen LogP contribution in [0, 0.1) is 0 Å². The van der Waals surface area contributed by atoms with Gasteiger partial charge in [-0.2, -0.15) is 0 Å². The number of aromatic nitrogens is 4. The van der Waals surface area contributed by atoms with Crippen molar-refractivity contribution >= 4 is 6.01 Å². The molecule has 1 unspecified atom stereocenters. The van der Waals surface area contributed by atoms with Crippen LogP contribution in [0.4, 0.5) is 6.01 Å². The molecule has 0 aliphatic heterocycles. The first-order valence-electron chi connectivity index (χ1n) is 4.79. The average Bonchev–Trinajstić information content (AvgIpc) is 2.78. The Balaban J connectivity index is 2.17. The molecule has 82 valence electrons. The number of rotatable bonds is 4. The van der Waals surface area contributed by atoms with Gasteiger partial charge in [-0.15, -0.1) is 11.7 Å². The van der Waals surface area contributed by atoms with E-state index < -0.39 is 0 Å². The molecule has 0 radical (unpaired) electrons. The first kappa shape index (κ1) is 10.3. The van der Waals surface area contributed by atoms with Gasteiger partial charge in [-0.05, 0) is 13.0 Å². The van der Waals surface area contributed by atoms with Crippen molar-refractivity contribution in [3.05, 3.63) is 31.1 Å². The van der Waals surface area contributed by atoms with Crippen LogP contribution in [0.3, 0.4) is 0 Å². The van der Waals surface area contributed by atoms with Crippen molar-refractivity contribution in [2.45, 2.75) is 13.0 Å². The van der Waals surface area contributed by atoms with Crippen molar-refractivity contribution in [1.82, 2.24) is 20.2 Å². The lowest BCUT2D eigenvalue weighted by atomic mass is 10.3. The predicted molar refractivity (Wildman–Crippen MR) is 58.6 cm³/mol. The summed E-state index contributed by atoms with van der Waals surface area (Å²) >= 11 is 0. The van der Waals surface area contributed by atoms with Gasteiger partial charge >= 0.3 is 6.01 Å². The highest BCUT2D eigenvalue weighted by Crippen LogP contribution is 2.15. The fraction of sp³-hybridized carbons (Fsp3) is 0.200. The molecule has 2 aromatic heterocycles. The highest BCUT2D eigenvalue weighted by Gasteiger charge is 2.10. The highest BCUT2D eigenvalue weighted by atomic mass is 16.4. The quantitative estimate of drug-likeness (QED) is 0.782.